The number of hydrogen-bond donors (Lipinski definition) is 1. The summed E-state index contributed by atoms with van der Waals surface area (Å²) < 4.78 is 5.13. The molecule has 0 aliphatic heterocycles. The standard InChI is InChI=1S/C14H17ClN2O2S/c1-2-3-11(18)8-14-16-13(17-19-14)9-20-12-6-4-10(15)5-7-12/h4-7,11,18H,2-3,8-9H2,1H3. The van der Waals surface area contributed by atoms with Gasteiger partial charge in [-0.15, -0.1) is 11.8 Å². The van der Waals surface area contributed by atoms with E-state index in [9.17, 15) is 5.11 Å². The second kappa shape index (κ2) is 7.67. The fourth-order valence-corrected chi connectivity index (χ4v) is 2.61. The number of rotatable bonds is 7. The Bertz CT molecular complexity index is 530. The molecule has 4 nitrogen and oxygen atoms in total. The smallest absolute Gasteiger partial charge is 0.229 e. The molecule has 0 spiro atoms. The number of thioether (sulfide) groups is 1. The van der Waals surface area contributed by atoms with Gasteiger partial charge >= 0.3 is 0 Å². The average molecular weight is 313 g/mol. The summed E-state index contributed by atoms with van der Waals surface area (Å²) >= 11 is 7.45. The Morgan fingerprint density at radius 3 is 2.80 bits per heavy atom. The van der Waals surface area contributed by atoms with Gasteiger partial charge in [-0.05, 0) is 30.7 Å². The summed E-state index contributed by atoms with van der Waals surface area (Å²) in [6, 6.07) is 7.62. The predicted molar refractivity (Wildman–Crippen MR) is 79.9 cm³/mol. The van der Waals surface area contributed by atoms with Crippen LogP contribution in [0.5, 0.6) is 0 Å². The fourth-order valence-electron chi connectivity index (χ4n) is 1.75. The summed E-state index contributed by atoms with van der Waals surface area (Å²) in [7, 11) is 0. The van der Waals surface area contributed by atoms with Crippen molar-refractivity contribution in [2.75, 3.05) is 0 Å². The molecule has 1 N–H and O–H groups in total. The Balaban J connectivity index is 1.85. The first-order chi connectivity index (χ1) is 9.67. The number of aliphatic hydroxyl groups is 1. The van der Waals surface area contributed by atoms with Crippen LogP contribution in [0.25, 0.3) is 0 Å². The van der Waals surface area contributed by atoms with E-state index in [2.05, 4.69) is 10.1 Å². The zero-order valence-electron chi connectivity index (χ0n) is 11.3. The SMILES string of the molecule is CCCC(O)Cc1nc(CSc2ccc(Cl)cc2)no1. The second-order valence-electron chi connectivity index (χ2n) is 4.49. The number of hydrogen-bond acceptors (Lipinski definition) is 5. The topological polar surface area (TPSA) is 59.2 Å². The Hall–Kier alpha value is -1.04. The molecule has 0 aliphatic carbocycles. The zero-order valence-corrected chi connectivity index (χ0v) is 12.8. The van der Waals surface area contributed by atoms with E-state index >= 15 is 0 Å². The van der Waals surface area contributed by atoms with Gasteiger partial charge in [-0.3, -0.25) is 0 Å². The van der Waals surface area contributed by atoms with Crippen molar-refractivity contribution >= 4 is 23.4 Å². The third-order valence-electron chi connectivity index (χ3n) is 2.72. The minimum Gasteiger partial charge on any atom is -0.393 e. The third kappa shape index (κ3) is 4.81. The quantitative estimate of drug-likeness (QED) is 0.790. The van der Waals surface area contributed by atoms with Crippen LogP contribution in [0.3, 0.4) is 0 Å². The largest absolute Gasteiger partial charge is 0.393 e. The summed E-state index contributed by atoms with van der Waals surface area (Å²) in [6.07, 6.45) is 1.70. The van der Waals surface area contributed by atoms with Crippen LogP contribution >= 0.6 is 23.4 Å². The van der Waals surface area contributed by atoms with Crippen molar-refractivity contribution in [3.05, 3.63) is 41.0 Å². The summed E-state index contributed by atoms with van der Waals surface area (Å²) in [5, 5.41) is 14.3. The van der Waals surface area contributed by atoms with Crippen LogP contribution in [-0.4, -0.2) is 21.4 Å². The van der Waals surface area contributed by atoms with Crippen LogP contribution in [0.4, 0.5) is 0 Å². The van der Waals surface area contributed by atoms with Gasteiger partial charge in [0, 0.05) is 9.92 Å². The molecule has 1 atom stereocenters. The van der Waals surface area contributed by atoms with Crippen molar-refractivity contribution in [1.29, 1.82) is 0 Å². The lowest BCUT2D eigenvalue weighted by atomic mass is 10.1. The molecular weight excluding hydrogens is 296 g/mol. The molecule has 0 bridgehead atoms. The number of aromatic nitrogens is 2. The van der Waals surface area contributed by atoms with Gasteiger partial charge in [0.15, 0.2) is 5.82 Å². The van der Waals surface area contributed by atoms with E-state index in [4.69, 9.17) is 16.1 Å². The van der Waals surface area contributed by atoms with Gasteiger partial charge in [0.25, 0.3) is 0 Å². The molecule has 0 saturated carbocycles. The van der Waals surface area contributed by atoms with Crippen molar-refractivity contribution in [2.45, 2.75) is 42.9 Å². The number of benzene rings is 1. The van der Waals surface area contributed by atoms with Crippen molar-refractivity contribution in [1.82, 2.24) is 10.1 Å². The van der Waals surface area contributed by atoms with Gasteiger partial charge in [-0.25, -0.2) is 0 Å². The van der Waals surface area contributed by atoms with Crippen molar-refractivity contribution in [3.8, 4) is 0 Å². The van der Waals surface area contributed by atoms with Crippen LogP contribution < -0.4 is 0 Å². The molecule has 2 aromatic rings. The summed E-state index contributed by atoms with van der Waals surface area (Å²) in [4.78, 5) is 5.38. The molecule has 1 heterocycles. The maximum atomic E-state index is 9.70. The van der Waals surface area contributed by atoms with E-state index in [1.54, 1.807) is 11.8 Å². The van der Waals surface area contributed by atoms with E-state index in [-0.39, 0.29) is 0 Å². The van der Waals surface area contributed by atoms with Crippen molar-refractivity contribution in [2.24, 2.45) is 0 Å². The van der Waals surface area contributed by atoms with Crippen LogP contribution in [0, 0.1) is 0 Å². The number of nitrogens with zero attached hydrogens (tertiary/aromatic N) is 2. The number of aliphatic hydroxyl groups excluding tert-OH is 1. The summed E-state index contributed by atoms with van der Waals surface area (Å²) in [5.41, 5.74) is 0. The Morgan fingerprint density at radius 2 is 2.10 bits per heavy atom. The predicted octanol–water partition coefficient (Wildman–Crippen LogP) is 3.72. The molecule has 20 heavy (non-hydrogen) atoms. The maximum absolute atomic E-state index is 9.70. The van der Waals surface area contributed by atoms with E-state index in [1.165, 1.54) is 0 Å². The molecule has 0 fully saturated rings. The van der Waals surface area contributed by atoms with E-state index in [1.807, 2.05) is 31.2 Å². The third-order valence-corrected chi connectivity index (χ3v) is 3.98. The maximum Gasteiger partial charge on any atom is 0.229 e. The van der Waals surface area contributed by atoms with Crippen LogP contribution in [0.15, 0.2) is 33.7 Å². The van der Waals surface area contributed by atoms with Crippen molar-refractivity contribution < 1.29 is 9.63 Å². The monoisotopic (exact) mass is 312 g/mol. The average Bonchev–Trinajstić information content (AvgIpc) is 2.86. The van der Waals surface area contributed by atoms with Gasteiger partial charge in [0.1, 0.15) is 0 Å². The van der Waals surface area contributed by atoms with Crippen LogP contribution in [-0.2, 0) is 12.2 Å². The minimum atomic E-state index is -0.405. The minimum absolute atomic E-state index is 0.405. The highest BCUT2D eigenvalue weighted by Gasteiger charge is 2.11. The molecule has 0 amide bonds. The van der Waals surface area contributed by atoms with Gasteiger partial charge in [0.2, 0.25) is 5.89 Å². The lowest BCUT2D eigenvalue weighted by molar-refractivity contribution is 0.151. The molecule has 0 saturated heterocycles. The van der Waals surface area contributed by atoms with Crippen LogP contribution in [0.2, 0.25) is 5.02 Å². The molecular formula is C14H17ClN2O2S. The summed E-state index contributed by atoms with van der Waals surface area (Å²) in [5.74, 6) is 1.77. The van der Waals surface area contributed by atoms with Gasteiger partial charge in [-0.2, -0.15) is 4.98 Å². The Morgan fingerprint density at radius 1 is 1.35 bits per heavy atom. The molecule has 2 rings (SSSR count). The van der Waals surface area contributed by atoms with E-state index < -0.39 is 6.10 Å². The molecule has 0 aliphatic rings. The van der Waals surface area contributed by atoms with Gasteiger partial charge in [0.05, 0.1) is 18.3 Å². The van der Waals surface area contributed by atoms with Crippen molar-refractivity contribution in [3.63, 3.8) is 0 Å². The Kier molecular flexibility index (Phi) is 5.88. The lowest BCUT2D eigenvalue weighted by Gasteiger charge is -2.03. The first-order valence-corrected chi connectivity index (χ1v) is 7.91. The molecule has 1 unspecified atom stereocenters. The highest BCUT2D eigenvalue weighted by atomic mass is 35.5. The first kappa shape index (κ1) is 15.4. The normalized spacial score (nSPS) is 12.6. The fraction of sp³-hybridized carbons (Fsp3) is 0.429. The molecule has 1 aromatic carbocycles. The molecule has 1 aromatic heterocycles. The second-order valence-corrected chi connectivity index (χ2v) is 5.98. The number of halogens is 1. The molecule has 6 heteroatoms. The van der Waals surface area contributed by atoms with Gasteiger partial charge in [-0.1, -0.05) is 30.1 Å². The first-order valence-electron chi connectivity index (χ1n) is 6.55. The highest BCUT2D eigenvalue weighted by molar-refractivity contribution is 7.98. The van der Waals surface area contributed by atoms with Crippen LogP contribution in [0.1, 0.15) is 31.5 Å². The Labute approximate surface area is 127 Å². The summed E-state index contributed by atoms with van der Waals surface area (Å²) in [6.45, 7) is 2.03. The molecule has 0 radical (unpaired) electrons. The molecule has 108 valence electrons. The van der Waals surface area contributed by atoms with E-state index in [0.717, 1.165) is 22.8 Å². The zero-order chi connectivity index (χ0) is 14.4. The van der Waals surface area contributed by atoms with Gasteiger partial charge < -0.3 is 9.63 Å². The highest BCUT2D eigenvalue weighted by Crippen LogP contribution is 2.23. The lowest BCUT2D eigenvalue weighted by Crippen LogP contribution is -2.09. The van der Waals surface area contributed by atoms with E-state index in [0.29, 0.717) is 23.9 Å².